The zero-order valence-corrected chi connectivity index (χ0v) is 12.8. The molecule has 1 aliphatic rings. The molecule has 1 fully saturated rings. The summed E-state index contributed by atoms with van der Waals surface area (Å²) in [5.74, 6) is 0. The second kappa shape index (κ2) is 5.02. The van der Waals surface area contributed by atoms with Crippen molar-refractivity contribution in [2.75, 3.05) is 0 Å². The Balaban J connectivity index is 1.82. The van der Waals surface area contributed by atoms with Crippen LogP contribution in [0.4, 0.5) is 0 Å². The van der Waals surface area contributed by atoms with Gasteiger partial charge in [0.25, 0.3) is 0 Å². The molecule has 2 heterocycles. The predicted molar refractivity (Wildman–Crippen MR) is 81.8 cm³/mol. The molecule has 3 rings (SSSR count). The maximum atomic E-state index is 9.89. The Kier molecular flexibility index (Phi) is 3.52. The summed E-state index contributed by atoms with van der Waals surface area (Å²) < 4.78 is 0. The lowest BCUT2D eigenvalue weighted by atomic mass is 9.64. The fraction of sp³-hybridized carbons (Fsp3) is 0.467. The first-order valence-corrected chi connectivity index (χ1v) is 8.36. The topological polar surface area (TPSA) is 32.3 Å². The van der Waals surface area contributed by atoms with Crippen molar-refractivity contribution in [2.45, 2.75) is 38.5 Å². The largest absolute Gasteiger partial charge is 0.392 e. The van der Waals surface area contributed by atoms with E-state index in [0.717, 1.165) is 6.42 Å². The molecule has 0 saturated heterocycles. The summed E-state index contributed by atoms with van der Waals surface area (Å²) >= 11 is 3.58. The van der Waals surface area contributed by atoms with Gasteiger partial charge in [-0.05, 0) is 29.3 Å². The maximum Gasteiger partial charge on any atom is 0.0767 e. The Morgan fingerprint density at radius 1 is 1.21 bits per heavy atom. The number of rotatable bonds is 4. The highest BCUT2D eigenvalue weighted by molar-refractivity contribution is 7.11. The maximum absolute atomic E-state index is 9.89. The molecule has 2 nitrogen and oxygen atoms in total. The van der Waals surface area contributed by atoms with E-state index >= 15 is 0 Å². The fourth-order valence-electron chi connectivity index (χ4n) is 2.60. The third-order valence-corrected chi connectivity index (χ3v) is 6.11. The molecule has 2 aromatic rings. The molecule has 0 bridgehead atoms. The highest BCUT2D eigenvalue weighted by Gasteiger charge is 2.48. The monoisotopic (exact) mass is 293 g/mol. The average molecular weight is 293 g/mol. The van der Waals surface area contributed by atoms with Gasteiger partial charge >= 0.3 is 0 Å². The second-order valence-electron chi connectivity index (χ2n) is 5.76. The van der Waals surface area contributed by atoms with E-state index in [1.807, 2.05) is 0 Å². The van der Waals surface area contributed by atoms with E-state index in [4.69, 9.17) is 0 Å². The van der Waals surface area contributed by atoms with Crippen LogP contribution >= 0.6 is 22.7 Å². The zero-order chi connectivity index (χ0) is 13.5. The molecular weight excluding hydrogens is 274 g/mol. The normalized spacial score (nSPS) is 25.5. The Bertz CT molecular complexity index is 484. The summed E-state index contributed by atoms with van der Waals surface area (Å²) in [6, 6.07) is 9.20. The first-order chi connectivity index (χ1) is 9.09. The van der Waals surface area contributed by atoms with Crippen LogP contribution in [0.5, 0.6) is 0 Å². The highest BCUT2D eigenvalue weighted by atomic mass is 32.1. The van der Waals surface area contributed by atoms with E-state index in [0.29, 0.717) is 6.04 Å². The molecule has 4 heteroatoms. The highest BCUT2D eigenvalue weighted by Crippen LogP contribution is 2.43. The van der Waals surface area contributed by atoms with Crippen LogP contribution in [0.3, 0.4) is 0 Å². The van der Waals surface area contributed by atoms with E-state index < -0.39 is 0 Å². The van der Waals surface area contributed by atoms with E-state index in [1.54, 1.807) is 22.7 Å². The minimum absolute atomic E-state index is 0.0350. The Hall–Kier alpha value is -0.680. The Morgan fingerprint density at radius 2 is 1.79 bits per heavy atom. The predicted octanol–water partition coefficient (Wildman–Crippen LogP) is 3.65. The minimum atomic E-state index is -0.183. The van der Waals surface area contributed by atoms with Crippen molar-refractivity contribution in [1.82, 2.24) is 5.32 Å². The van der Waals surface area contributed by atoms with Gasteiger partial charge in [0.1, 0.15) is 0 Å². The van der Waals surface area contributed by atoms with Crippen LogP contribution in [0.2, 0.25) is 0 Å². The van der Waals surface area contributed by atoms with Gasteiger partial charge in [0, 0.05) is 21.2 Å². The lowest BCUT2D eigenvalue weighted by Crippen LogP contribution is -2.60. The molecule has 2 unspecified atom stereocenters. The first kappa shape index (κ1) is 13.3. The number of nitrogens with one attached hydrogen (secondary N) is 1. The molecule has 0 radical (unpaired) electrons. The van der Waals surface area contributed by atoms with E-state index in [-0.39, 0.29) is 17.6 Å². The Morgan fingerprint density at radius 3 is 2.16 bits per heavy atom. The molecule has 2 aromatic heterocycles. The standard InChI is InChI=1S/C15H19NOS2/c1-15(2)12(9-13(15)17)16-14(10-5-3-7-18-10)11-6-4-8-19-11/h3-8,12-14,16-17H,9H2,1-2H3. The molecule has 2 atom stereocenters. The Labute approximate surface area is 122 Å². The molecule has 0 aromatic carbocycles. The van der Waals surface area contributed by atoms with Crippen molar-refractivity contribution in [1.29, 1.82) is 0 Å². The van der Waals surface area contributed by atoms with E-state index in [9.17, 15) is 5.11 Å². The summed E-state index contributed by atoms with van der Waals surface area (Å²) in [6.07, 6.45) is 0.664. The molecule has 1 saturated carbocycles. The molecule has 0 aliphatic heterocycles. The summed E-state index contributed by atoms with van der Waals surface area (Å²) in [7, 11) is 0. The van der Waals surface area contributed by atoms with Crippen molar-refractivity contribution in [2.24, 2.45) is 5.41 Å². The molecular formula is C15H19NOS2. The van der Waals surface area contributed by atoms with Gasteiger partial charge in [0.2, 0.25) is 0 Å². The number of thiophene rings is 2. The fourth-order valence-corrected chi connectivity index (χ4v) is 4.28. The third kappa shape index (κ3) is 2.38. The van der Waals surface area contributed by atoms with Crippen molar-refractivity contribution in [3.63, 3.8) is 0 Å². The van der Waals surface area contributed by atoms with Gasteiger partial charge in [0.15, 0.2) is 0 Å². The second-order valence-corrected chi connectivity index (χ2v) is 7.71. The van der Waals surface area contributed by atoms with Crippen LogP contribution in [-0.4, -0.2) is 17.3 Å². The van der Waals surface area contributed by atoms with Gasteiger partial charge in [-0.25, -0.2) is 0 Å². The van der Waals surface area contributed by atoms with Crippen LogP contribution in [0.1, 0.15) is 36.1 Å². The van der Waals surface area contributed by atoms with Gasteiger partial charge in [0.05, 0.1) is 12.1 Å². The lowest BCUT2D eigenvalue weighted by Gasteiger charge is -2.50. The van der Waals surface area contributed by atoms with Crippen LogP contribution in [0.15, 0.2) is 35.0 Å². The minimum Gasteiger partial charge on any atom is -0.392 e. The summed E-state index contributed by atoms with van der Waals surface area (Å²) in [5.41, 5.74) is -0.0350. The number of aliphatic hydroxyl groups is 1. The van der Waals surface area contributed by atoms with Crippen molar-refractivity contribution in [3.05, 3.63) is 44.8 Å². The molecule has 19 heavy (non-hydrogen) atoms. The summed E-state index contributed by atoms with van der Waals surface area (Å²) in [6.45, 7) is 4.28. The van der Waals surface area contributed by atoms with Gasteiger partial charge in [-0.15, -0.1) is 22.7 Å². The quantitative estimate of drug-likeness (QED) is 0.902. The van der Waals surface area contributed by atoms with Crippen LogP contribution < -0.4 is 5.32 Å². The first-order valence-electron chi connectivity index (χ1n) is 6.60. The molecule has 0 spiro atoms. The zero-order valence-electron chi connectivity index (χ0n) is 11.2. The van der Waals surface area contributed by atoms with Crippen LogP contribution in [0.25, 0.3) is 0 Å². The molecule has 2 N–H and O–H groups in total. The van der Waals surface area contributed by atoms with Gasteiger partial charge in [-0.2, -0.15) is 0 Å². The van der Waals surface area contributed by atoms with Crippen LogP contribution in [-0.2, 0) is 0 Å². The van der Waals surface area contributed by atoms with Crippen molar-refractivity contribution >= 4 is 22.7 Å². The van der Waals surface area contributed by atoms with Gasteiger partial charge in [-0.1, -0.05) is 26.0 Å². The molecule has 1 aliphatic carbocycles. The van der Waals surface area contributed by atoms with Crippen molar-refractivity contribution in [3.8, 4) is 0 Å². The van der Waals surface area contributed by atoms with Crippen LogP contribution in [0, 0.1) is 5.41 Å². The molecule has 0 amide bonds. The average Bonchev–Trinajstić information content (AvgIpc) is 3.07. The van der Waals surface area contributed by atoms with E-state index in [2.05, 4.69) is 54.2 Å². The summed E-state index contributed by atoms with van der Waals surface area (Å²) in [5, 5.41) is 17.9. The smallest absolute Gasteiger partial charge is 0.0767 e. The number of hydrogen-bond acceptors (Lipinski definition) is 4. The van der Waals surface area contributed by atoms with Gasteiger partial charge in [-0.3, -0.25) is 0 Å². The number of hydrogen-bond donors (Lipinski definition) is 2. The molecule has 102 valence electrons. The third-order valence-electron chi connectivity index (χ3n) is 4.24. The van der Waals surface area contributed by atoms with E-state index in [1.165, 1.54) is 9.75 Å². The number of aliphatic hydroxyl groups excluding tert-OH is 1. The van der Waals surface area contributed by atoms with Gasteiger partial charge < -0.3 is 10.4 Å². The SMILES string of the molecule is CC1(C)C(O)CC1NC(c1cccs1)c1cccs1. The summed E-state index contributed by atoms with van der Waals surface area (Å²) in [4.78, 5) is 2.69. The van der Waals surface area contributed by atoms with Crippen molar-refractivity contribution < 1.29 is 5.11 Å². The lowest BCUT2D eigenvalue weighted by molar-refractivity contribution is -0.0745.